The van der Waals surface area contributed by atoms with Crippen molar-refractivity contribution in [3.8, 4) is 0 Å². The van der Waals surface area contributed by atoms with Gasteiger partial charge in [-0.3, -0.25) is 9.59 Å². The van der Waals surface area contributed by atoms with Gasteiger partial charge >= 0.3 is 0 Å². The Morgan fingerprint density at radius 2 is 1.96 bits per heavy atom. The van der Waals surface area contributed by atoms with Crippen LogP contribution in [0.3, 0.4) is 0 Å². The maximum Gasteiger partial charge on any atom is 0.243 e. The highest BCUT2D eigenvalue weighted by atomic mass is 32.2. The molecule has 0 spiro atoms. The molecular weight excluding hydrogens is 322 g/mol. The van der Waals surface area contributed by atoms with Crippen LogP contribution in [0.5, 0.6) is 0 Å². The third-order valence-corrected chi connectivity index (χ3v) is 4.89. The predicted molar refractivity (Wildman–Crippen MR) is 80.8 cm³/mol. The topological polar surface area (TPSA) is 113 Å². The molecule has 0 saturated carbocycles. The van der Waals surface area contributed by atoms with E-state index >= 15 is 0 Å². The summed E-state index contributed by atoms with van der Waals surface area (Å²) in [6.45, 7) is -0.155. The third-order valence-electron chi connectivity index (χ3n) is 3.47. The second-order valence-electron chi connectivity index (χ2n) is 4.94. The normalized spacial score (nSPS) is 17.2. The number of benzene rings is 1. The third kappa shape index (κ3) is 4.14. The Morgan fingerprint density at radius 3 is 2.52 bits per heavy atom. The maximum absolute atomic E-state index is 12.0. The van der Waals surface area contributed by atoms with E-state index < -0.39 is 34.4 Å². The van der Waals surface area contributed by atoms with Gasteiger partial charge in [-0.05, 0) is 18.6 Å². The molecule has 1 fully saturated rings. The van der Waals surface area contributed by atoms with Gasteiger partial charge in [0.1, 0.15) is 12.3 Å². The molecule has 0 aromatic heterocycles. The van der Waals surface area contributed by atoms with Gasteiger partial charge in [-0.2, -0.15) is 0 Å². The quantitative estimate of drug-likeness (QED) is 0.611. The van der Waals surface area contributed by atoms with Crippen LogP contribution in [0.25, 0.3) is 0 Å². The molecule has 2 rings (SSSR count). The van der Waals surface area contributed by atoms with E-state index in [2.05, 4.69) is 10.0 Å². The summed E-state index contributed by atoms with van der Waals surface area (Å²) in [5.41, 5.74) is 0. The van der Waals surface area contributed by atoms with E-state index in [1.54, 1.807) is 18.2 Å². The first kappa shape index (κ1) is 17.1. The average molecular weight is 339 g/mol. The minimum absolute atomic E-state index is 0.0664. The van der Waals surface area contributed by atoms with Crippen LogP contribution in [-0.4, -0.2) is 57.1 Å². The molecule has 0 radical (unpaired) electrons. The second kappa shape index (κ2) is 7.34. The van der Waals surface area contributed by atoms with Crippen LogP contribution >= 0.6 is 0 Å². The molecule has 9 heteroatoms. The van der Waals surface area contributed by atoms with Crippen molar-refractivity contribution in [2.24, 2.45) is 0 Å². The van der Waals surface area contributed by atoms with Gasteiger partial charge in [0.25, 0.3) is 0 Å². The summed E-state index contributed by atoms with van der Waals surface area (Å²) in [7, 11) is -3.77. The maximum atomic E-state index is 12.0. The zero-order chi connectivity index (χ0) is 16.9. The van der Waals surface area contributed by atoms with E-state index in [1.807, 2.05) is 0 Å². The van der Waals surface area contributed by atoms with E-state index in [4.69, 9.17) is 0 Å². The Balaban J connectivity index is 1.90. The number of carbonyl (C=O) groups excluding carboxylic acids is 3. The number of likely N-dealkylation sites (tertiary alicyclic amines) is 1. The lowest BCUT2D eigenvalue weighted by molar-refractivity contribution is -0.146. The number of rotatable bonds is 7. The van der Waals surface area contributed by atoms with Crippen molar-refractivity contribution in [1.29, 1.82) is 0 Å². The second-order valence-corrected chi connectivity index (χ2v) is 6.71. The van der Waals surface area contributed by atoms with Crippen LogP contribution < -0.4 is 10.0 Å². The number of nitrogens with one attached hydrogen (secondary N) is 2. The van der Waals surface area contributed by atoms with Crippen molar-refractivity contribution in [3.05, 3.63) is 30.3 Å². The van der Waals surface area contributed by atoms with Crippen LogP contribution in [0.4, 0.5) is 0 Å². The Hall–Kier alpha value is -2.26. The van der Waals surface area contributed by atoms with E-state index in [9.17, 15) is 22.8 Å². The molecule has 8 nitrogen and oxygen atoms in total. The fraction of sp³-hybridized carbons (Fsp3) is 0.357. The number of sulfonamides is 1. The van der Waals surface area contributed by atoms with Crippen molar-refractivity contribution in [2.45, 2.75) is 17.4 Å². The van der Waals surface area contributed by atoms with Crippen LogP contribution in [0.15, 0.2) is 35.2 Å². The molecule has 1 atom stereocenters. The molecular formula is C14H17N3O5S. The molecule has 1 aromatic rings. The lowest BCUT2D eigenvalue weighted by atomic mass is 10.0. The Labute approximate surface area is 133 Å². The number of carbonyl (C=O) groups is 3. The van der Waals surface area contributed by atoms with Gasteiger partial charge in [0.2, 0.25) is 21.8 Å². The molecule has 1 heterocycles. The number of hydrogen-bond acceptors (Lipinski definition) is 5. The lowest BCUT2D eigenvalue weighted by Crippen LogP contribution is -2.60. The fourth-order valence-corrected chi connectivity index (χ4v) is 3.16. The average Bonchev–Trinajstić information content (AvgIpc) is 2.51. The monoisotopic (exact) mass is 339 g/mol. The Bertz CT molecular complexity index is 690. The molecule has 124 valence electrons. The first-order valence-electron chi connectivity index (χ1n) is 7.01. The van der Waals surface area contributed by atoms with Gasteiger partial charge in [-0.15, -0.1) is 0 Å². The predicted octanol–water partition coefficient (Wildman–Crippen LogP) is -1.12. The molecule has 1 aliphatic rings. The Morgan fingerprint density at radius 1 is 1.26 bits per heavy atom. The van der Waals surface area contributed by atoms with Crippen LogP contribution in [-0.2, 0) is 24.4 Å². The van der Waals surface area contributed by atoms with Crippen molar-refractivity contribution < 1.29 is 22.8 Å². The van der Waals surface area contributed by atoms with Crippen LogP contribution in [0.1, 0.15) is 6.42 Å². The zero-order valence-electron chi connectivity index (χ0n) is 12.3. The highest BCUT2D eigenvalue weighted by Crippen LogP contribution is 2.17. The van der Waals surface area contributed by atoms with Crippen molar-refractivity contribution >= 4 is 28.1 Å². The minimum atomic E-state index is -3.77. The fourth-order valence-electron chi connectivity index (χ4n) is 2.16. The van der Waals surface area contributed by atoms with Gasteiger partial charge < -0.3 is 15.0 Å². The molecule has 0 unspecified atom stereocenters. The molecule has 1 aliphatic heterocycles. The largest absolute Gasteiger partial charge is 0.348 e. The lowest BCUT2D eigenvalue weighted by Gasteiger charge is -2.39. The molecule has 2 amide bonds. The van der Waals surface area contributed by atoms with E-state index in [0.29, 0.717) is 19.3 Å². The van der Waals surface area contributed by atoms with Gasteiger partial charge in [0, 0.05) is 6.54 Å². The smallest absolute Gasteiger partial charge is 0.243 e. The summed E-state index contributed by atoms with van der Waals surface area (Å²) in [6.07, 6.45) is 1.04. The highest BCUT2D eigenvalue weighted by molar-refractivity contribution is 7.89. The first-order chi connectivity index (χ1) is 11.0. The number of aldehydes is 1. The minimum Gasteiger partial charge on any atom is -0.348 e. The highest BCUT2D eigenvalue weighted by Gasteiger charge is 2.37. The Kier molecular flexibility index (Phi) is 5.45. The molecule has 23 heavy (non-hydrogen) atoms. The van der Waals surface area contributed by atoms with Crippen LogP contribution in [0, 0.1) is 0 Å². The van der Waals surface area contributed by atoms with Crippen molar-refractivity contribution in [2.75, 3.05) is 19.6 Å². The summed E-state index contributed by atoms with van der Waals surface area (Å²) >= 11 is 0. The number of nitrogens with zero attached hydrogens (tertiary/aromatic N) is 1. The molecule has 0 bridgehead atoms. The van der Waals surface area contributed by atoms with Crippen molar-refractivity contribution in [1.82, 2.24) is 14.9 Å². The van der Waals surface area contributed by atoms with E-state index in [1.165, 1.54) is 17.0 Å². The van der Waals surface area contributed by atoms with Gasteiger partial charge in [-0.1, -0.05) is 18.2 Å². The van der Waals surface area contributed by atoms with E-state index in [0.717, 1.165) is 0 Å². The molecule has 1 aromatic carbocycles. The zero-order valence-corrected chi connectivity index (χ0v) is 13.1. The number of amides is 2. The summed E-state index contributed by atoms with van der Waals surface area (Å²) in [5.74, 6) is -0.898. The molecule has 0 aliphatic carbocycles. The SMILES string of the molecule is O=CCNC(=O)[C@@H]1CCN1C(=O)CNS(=O)(=O)c1ccccc1. The van der Waals surface area contributed by atoms with Gasteiger partial charge in [-0.25, -0.2) is 13.1 Å². The standard InChI is InChI=1S/C14H17N3O5S/c18-9-7-15-14(20)12-6-8-17(12)13(19)10-16-23(21,22)11-4-2-1-3-5-11/h1-5,9,12,16H,6-8,10H2,(H,15,20)/t12-/m0/s1. The molecule has 1 saturated heterocycles. The summed E-state index contributed by atoms with van der Waals surface area (Å²) < 4.78 is 26.3. The first-order valence-corrected chi connectivity index (χ1v) is 8.49. The van der Waals surface area contributed by atoms with Gasteiger partial charge in [0.05, 0.1) is 18.0 Å². The van der Waals surface area contributed by atoms with E-state index in [-0.39, 0.29) is 11.4 Å². The molecule has 2 N–H and O–H groups in total. The summed E-state index contributed by atoms with van der Waals surface area (Å²) in [5, 5.41) is 2.38. The van der Waals surface area contributed by atoms with Gasteiger partial charge in [0.15, 0.2) is 0 Å². The van der Waals surface area contributed by atoms with Crippen molar-refractivity contribution in [3.63, 3.8) is 0 Å². The number of hydrogen-bond donors (Lipinski definition) is 2. The van der Waals surface area contributed by atoms with Crippen LogP contribution in [0.2, 0.25) is 0 Å². The summed E-state index contributed by atoms with van der Waals surface area (Å²) in [4.78, 5) is 35.3. The summed E-state index contributed by atoms with van der Waals surface area (Å²) in [6, 6.07) is 7.05.